The fourth-order valence-corrected chi connectivity index (χ4v) is 5.32. The minimum absolute atomic E-state index is 0.0900. The van der Waals surface area contributed by atoms with Crippen LogP contribution < -0.4 is 10.3 Å². The van der Waals surface area contributed by atoms with E-state index in [9.17, 15) is 9.59 Å². The fourth-order valence-electron chi connectivity index (χ4n) is 3.70. The third-order valence-corrected chi connectivity index (χ3v) is 7.21. The Morgan fingerprint density at radius 3 is 2.72 bits per heavy atom. The molecule has 0 saturated carbocycles. The number of carbonyl (C=O) groups is 1. The van der Waals surface area contributed by atoms with Crippen molar-refractivity contribution in [2.45, 2.75) is 6.54 Å². The zero-order valence-corrected chi connectivity index (χ0v) is 19.1. The lowest BCUT2D eigenvalue weighted by atomic mass is 10.2. The van der Waals surface area contributed by atoms with Crippen LogP contribution in [-0.2, 0) is 6.54 Å². The molecule has 0 aliphatic carbocycles. The lowest BCUT2D eigenvalue weighted by molar-refractivity contribution is 0.0632. The summed E-state index contributed by atoms with van der Waals surface area (Å²) in [5.41, 5.74) is 1.41. The number of ether oxygens (including phenoxy) is 1. The molecule has 4 aromatic rings. The third kappa shape index (κ3) is 4.16. The fraction of sp³-hybridized carbons (Fsp3) is 0.273. The SMILES string of the molecule is COc1cccc(-c2nn3c(=O)cc(CN4CCN(C(=O)c5cccs5)CC4)nc3s2)c1. The second kappa shape index (κ2) is 8.81. The van der Waals surface area contributed by atoms with Gasteiger partial charge in [-0.15, -0.1) is 11.3 Å². The zero-order valence-electron chi connectivity index (χ0n) is 17.4. The first-order valence-corrected chi connectivity index (χ1v) is 11.9. The normalized spacial score (nSPS) is 14.7. The summed E-state index contributed by atoms with van der Waals surface area (Å²) in [5.74, 6) is 0.826. The number of fused-ring (bicyclic) bond motifs is 1. The summed E-state index contributed by atoms with van der Waals surface area (Å²) < 4.78 is 6.63. The Morgan fingerprint density at radius 1 is 1.12 bits per heavy atom. The van der Waals surface area contributed by atoms with Gasteiger partial charge in [-0.05, 0) is 23.6 Å². The average Bonchev–Trinajstić information content (AvgIpc) is 3.50. The zero-order chi connectivity index (χ0) is 22.1. The minimum atomic E-state index is -0.193. The molecule has 0 radical (unpaired) electrons. The molecule has 1 aliphatic heterocycles. The topological polar surface area (TPSA) is 80.0 Å². The highest BCUT2D eigenvalue weighted by Crippen LogP contribution is 2.27. The number of nitrogens with zero attached hydrogens (tertiary/aromatic N) is 5. The molecule has 1 saturated heterocycles. The van der Waals surface area contributed by atoms with E-state index < -0.39 is 0 Å². The standard InChI is InChI=1S/C22H21N5O3S2/c1-30-17-5-2-4-15(12-17)20-24-27-19(28)13-16(23-22(27)32-20)14-25-7-9-26(10-8-25)21(29)18-6-3-11-31-18/h2-6,11-13H,7-10,14H2,1H3. The van der Waals surface area contributed by atoms with Gasteiger partial charge in [0.1, 0.15) is 10.8 Å². The van der Waals surface area contributed by atoms with Gasteiger partial charge in [0.15, 0.2) is 0 Å². The van der Waals surface area contributed by atoms with E-state index in [4.69, 9.17) is 4.74 Å². The molecule has 3 aromatic heterocycles. The summed E-state index contributed by atoms with van der Waals surface area (Å²) in [5, 5.41) is 7.08. The van der Waals surface area contributed by atoms with Crippen molar-refractivity contribution in [3.63, 3.8) is 0 Å². The third-order valence-electron chi connectivity index (χ3n) is 5.39. The van der Waals surface area contributed by atoms with E-state index in [0.717, 1.165) is 29.3 Å². The van der Waals surface area contributed by atoms with E-state index in [1.165, 1.54) is 27.2 Å². The maximum atomic E-state index is 12.7. The highest BCUT2D eigenvalue weighted by molar-refractivity contribution is 7.19. The Morgan fingerprint density at radius 2 is 1.97 bits per heavy atom. The maximum absolute atomic E-state index is 12.7. The lowest BCUT2D eigenvalue weighted by Gasteiger charge is -2.34. The molecule has 0 spiro atoms. The second-order valence-electron chi connectivity index (χ2n) is 7.46. The van der Waals surface area contributed by atoms with Crippen molar-refractivity contribution in [3.05, 3.63) is 68.8 Å². The number of benzene rings is 1. The van der Waals surface area contributed by atoms with Crippen LogP contribution >= 0.6 is 22.7 Å². The van der Waals surface area contributed by atoms with Crippen LogP contribution in [0.2, 0.25) is 0 Å². The van der Waals surface area contributed by atoms with Gasteiger partial charge in [0.25, 0.3) is 11.5 Å². The molecule has 1 aliphatic rings. The molecule has 164 valence electrons. The smallest absolute Gasteiger partial charge is 0.275 e. The van der Waals surface area contributed by atoms with Crippen LogP contribution in [0.15, 0.2) is 52.6 Å². The first-order valence-electron chi connectivity index (χ1n) is 10.2. The summed E-state index contributed by atoms with van der Waals surface area (Å²) in [7, 11) is 1.62. The van der Waals surface area contributed by atoms with Gasteiger partial charge in [-0.2, -0.15) is 9.61 Å². The van der Waals surface area contributed by atoms with Gasteiger partial charge in [0, 0.05) is 44.4 Å². The van der Waals surface area contributed by atoms with Gasteiger partial charge in [0.2, 0.25) is 4.96 Å². The average molecular weight is 468 g/mol. The number of carbonyl (C=O) groups excluding carboxylic acids is 1. The van der Waals surface area contributed by atoms with E-state index in [-0.39, 0.29) is 11.5 Å². The summed E-state index contributed by atoms with van der Waals surface area (Å²) in [6, 6.07) is 12.9. The quantitative estimate of drug-likeness (QED) is 0.449. The van der Waals surface area contributed by atoms with Crippen LogP contribution in [0.5, 0.6) is 5.75 Å². The molecular weight excluding hydrogens is 446 g/mol. The number of amides is 1. The molecule has 32 heavy (non-hydrogen) atoms. The predicted molar refractivity (Wildman–Crippen MR) is 125 cm³/mol. The molecule has 0 N–H and O–H groups in total. The largest absolute Gasteiger partial charge is 0.497 e. The van der Waals surface area contributed by atoms with Crippen LogP contribution in [-0.4, -0.2) is 63.6 Å². The molecule has 4 heterocycles. The number of rotatable bonds is 5. The molecule has 1 amide bonds. The van der Waals surface area contributed by atoms with Crippen LogP contribution in [0.4, 0.5) is 0 Å². The van der Waals surface area contributed by atoms with E-state index in [1.54, 1.807) is 13.2 Å². The monoisotopic (exact) mass is 467 g/mol. The summed E-state index contributed by atoms with van der Waals surface area (Å²) in [4.78, 5) is 35.3. The van der Waals surface area contributed by atoms with Gasteiger partial charge < -0.3 is 9.64 Å². The number of thiophene rings is 1. The predicted octanol–water partition coefficient (Wildman–Crippen LogP) is 2.85. The van der Waals surface area contributed by atoms with Crippen molar-refractivity contribution in [1.29, 1.82) is 0 Å². The first-order chi connectivity index (χ1) is 15.6. The molecular formula is C22H21N5O3S2. The van der Waals surface area contributed by atoms with Gasteiger partial charge >= 0.3 is 0 Å². The Kier molecular flexibility index (Phi) is 5.73. The van der Waals surface area contributed by atoms with Crippen molar-refractivity contribution in [2.24, 2.45) is 0 Å². The van der Waals surface area contributed by atoms with Gasteiger partial charge in [-0.1, -0.05) is 29.5 Å². The maximum Gasteiger partial charge on any atom is 0.275 e. The molecule has 0 bridgehead atoms. The highest BCUT2D eigenvalue weighted by atomic mass is 32.1. The van der Waals surface area contributed by atoms with Crippen LogP contribution in [0.1, 0.15) is 15.4 Å². The molecule has 1 aromatic carbocycles. The van der Waals surface area contributed by atoms with E-state index in [2.05, 4.69) is 15.0 Å². The van der Waals surface area contributed by atoms with E-state index in [0.29, 0.717) is 35.3 Å². The number of aromatic nitrogens is 3. The number of piperazine rings is 1. The Balaban J connectivity index is 1.30. The Labute approximate surface area is 192 Å². The summed E-state index contributed by atoms with van der Waals surface area (Å²) >= 11 is 2.85. The molecule has 0 unspecified atom stereocenters. The Bertz CT molecular complexity index is 1310. The van der Waals surface area contributed by atoms with Crippen LogP contribution in [0.25, 0.3) is 15.5 Å². The minimum Gasteiger partial charge on any atom is -0.497 e. The lowest BCUT2D eigenvalue weighted by Crippen LogP contribution is -2.48. The first kappa shape index (κ1) is 20.8. The summed E-state index contributed by atoms with van der Waals surface area (Å²) in [6.07, 6.45) is 0. The van der Waals surface area contributed by atoms with E-state index in [1.807, 2.05) is 46.7 Å². The van der Waals surface area contributed by atoms with Gasteiger partial charge in [0.05, 0.1) is 17.7 Å². The molecule has 5 rings (SSSR count). The number of hydrogen-bond donors (Lipinski definition) is 0. The summed E-state index contributed by atoms with van der Waals surface area (Å²) in [6.45, 7) is 3.39. The number of hydrogen-bond acceptors (Lipinski definition) is 8. The van der Waals surface area contributed by atoms with Crippen molar-refractivity contribution in [2.75, 3.05) is 33.3 Å². The molecule has 1 fully saturated rings. The van der Waals surface area contributed by atoms with Crippen molar-refractivity contribution in [3.8, 4) is 16.3 Å². The molecule has 10 heteroatoms. The highest BCUT2D eigenvalue weighted by Gasteiger charge is 2.23. The van der Waals surface area contributed by atoms with Crippen molar-refractivity contribution < 1.29 is 9.53 Å². The van der Waals surface area contributed by atoms with Crippen molar-refractivity contribution in [1.82, 2.24) is 24.4 Å². The van der Waals surface area contributed by atoms with Gasteiger partial charge in [-0.25, -0.2) is 4.98 Å². The second-order valence-corrected chi connectivity index (χ2v) is 9.37. The van der Waals surface area contributed by atoms with Crippen LogP contribution in [0, 0.1) is 0 Å². The van der Waals surface area contributed by atoms with Crippen LogP contribution in [0.3, 0.4) is 0 Å². The Hall–Kier alpha value is -3.08. The molecule has 0 atom stereocenters. The van der Waals surface area contributed by atoms with E-state index >= 15 is 0 Å². The van der Waals surface area contributed by atoms with Gasteiger partial charge in [-0.3, -0.25) is 14.5 Å². The number of methoxy groups -OCH3 is 1. The molecule has 8 nitrogen and oxygen atoms in total. The van der Waals surface area contributed by atoms with Crippen molar-refractivity contribution >= 4 is 33.5 Å².